The molecule has 0 bridgehead atoms. The molecule has 2 amide bonds. The van der Waals surface area contributed by atoms with E-state index in [1.807, 2.05) is 13.0 Å². The summed E-state index contributed by atoms with van der Waals surface area (Å²) in [6, 6.07) is 0. The molecule has 0 aliphatic heterocycles. The van der Waals surface area contributed by atoms with Crippen LogP contribution in [0.1, 0.15) is 24.8 Å². The predicted molar refractivity (Wildman–Crippen MR) is 82.2 cm³/mol. The molecule has 2 rings (SSSR count). The van der Waals surface area contributed by atoms with Crippen molar-refractivity contribution < 1.29 is 22.8 Å². The van der Waals surface area contributed by atoms with Crippen molar-refractivity contribution in [3.8, 4) is 0 Å². The Morgan fingerprint density at radius 1 is 1.33 bits per heavy atom. The number of halogens is 3. The van der Waals surface area contributed by atoms with Gasteiger partial charge >= 0.3 is 6.18 Å². The Morgan fingerprint density at radius 2 is 2.04 bits per heavy atom. The lowest BCUT2D eigenvalue weighted by Crippen LogP contribution is -2.28. The average molecular weight is 360 g/mol. The van der Waals surface area contributed by atoms with Crippen molar-refractivity contribution in [2.75, 3.05) is 12.4 Å². The van der Waals surface area contributed by atoms with E-state index in [0.717, 1.165) is 18.4 Å². The Hall–Kier alpha value is -2.23. The predicted octanol–water partition coefficient (Wildman–Crippen LogP) is 2.52. The van der Waals surface area contributed by atoms with Crippen molar-refractivity contribution in [3.63, 3.8) is 0 Å². The number of carbonyl (C=O) groups excluding carboxylic acids is 2. The molecule has 1 heterocycles. The Morgan fingerprint density at radius 3 is 2.54 bits per heavy atom. The lowest BCUT2D eigenvalue weighted by molar-refractivity contribution is -0.138. The van der Waals surface area contributed by atoms with E-state index >= 15 is 0 Å². The summed E-state index contributed by atoms with van der Waals surface area (Å²) in [6.07, 6.45) is 0.510. The zero-order valence-corrected chi connectivity index (χ0v) is 13.7. The number of amides is 2. The zero-order chi connectivity index (χ0) is 17.9. The first-order chi connectivity index (χ1) is 11.2. The monoisotopic (exact) mass is 360 g/mol. The molecule has 1 aromatic rings. The highest BCUT2D eigenvalue weighted by atomic mass is 32.1. The van der Waals surface area contributed by atoms with Crippen molar-refractivity contribution in [1.82, 2.24) is 15.5 Å². The standard InChI is InChI=1S/C14H15F3N4O2S/c1-7-4-3-5-8(7)6-9(10(22)18-2)11(23)19-13-21-20-12(24-13)14(15,16)17/h5-7H,3-4H2,1-2H3,(H,18,22)(H,19,21,23)/b9-6+/t7-/m0/s1. The third-order valence-electron chi connectivity index (χ3n) is 3.46. The van der Waals surface area contributed by atoms with Crippen LogP contribution in [0.5, 0.6) is 0 Å². The van der Waals surface area contributed by atoms with Crippen molar-refractivity contribution >= 4 is 28.3 Å². The van der Waals surface area contributed by atoms with Crippen LogP contribution >= 0.6 is 11.3 Å². The molecular weight excluding hydrogens is 345 g/mol. The highest BCUT2D eigenvalue weighted by Gasteiger charge is 2.36. The molecule has 0 radical (unpaired) electrons. The Labute approximate surface area is 139 Å². The molecule has 1 aliphatic rings. The van der Waals surface area contributed by atoms with Crippen molar-refractivity contribution in [3.05, 3.63) is 28.3 Å². The average Bonchev–Trinajstić information content (AvgIpc) is 3.12. The number of anilines is 1. The normalized spacial score (nSPS) is 18.3. The van der Waals surface area contributed by atoms with Gasteiger partial charge in [0.05, 0.1) is 0 Å². The number of rotatable bonds is 4. The highest BCUT2D eigenvalue weighted by molar-refractivity contribution is 7.15. The van der Waals surface area contributed by atoms with Gasteiger partial charge in [0.15, 0.2) is 0 Å². The summed E-state index contributed by atoms with van der Waals surface area (Å²) in [4.78, 5) is 24.2. The summed E-state index contributed by atoms with van der Waals surface area (Å²) >= 11 is 0.195. The first-order valence-electron chi connectivity index (χ1n) is 7.08. The third kappa shape index (κ3) is 4.19. The van der Waals surface area contributed by atoms with Gasteiger partial charge in [-0.25, -0.2) is 0 Å². The lowest BCUT2D eigenvalue weighted by atomic mass is 10.0. The molecule has 0 fully saturated rings. The molecule has 1 aliphatic carbocycles. The van der Waals surface area contributed by atoms with Crippen LogP contribution in [-0.2, 0) is 15.8 Å². The number of alkyl halides is 3. The molecule has 0 spiro atoms. The van der Waals surface area contributed by atoms with E-state index in [4.69, 9.17) is 0 Å². The number of allylic oxidation sites excluding steroid dienone is 3. The molecule has 10 heteroatoms. The van der Waals surface area contributed by atoms with Gasteiger partial charge in [0.25, 0.3) is 11.8 Å². The second-order valence-corrected chi connectivity index (χ2v) is 6.16. The number of hydrogen-bond acceptors (Lipinski definition) is 5. The summed E-state index contributed by atoms with van der Waals surface area (Å²) in [5, 5.41) is 9.29. The third-order valence-corrected chi connectivity index (χ3v) is 4.35. The van der Waals surface area contributed by atoms with Crippen LogP contribution in [-0.4, -0.2) is 29.1 Å². The van der Waals surface area contributed by atoms with Gasteiger partial charge in [-0.1, -0.05) is 24.3 Å². The fourth-order valence-electron chi connectivity index (χ4n) is 2.16. The van der Waals surface area contributed by atoms with Crippen LogP contribution in [0.25, 0.3) is 0 Å². The highest BCUT2D eigenvalue weighted by Crippen LogP contribution is 2.33. The van der Waals surface area contributed by atoms with Gasteiger partial charge < -0.3 is 5.32 Å². The van der Waals surface area contributed by atoms with E-state index in [1.165, 1.54) is 13.1 Å². The van der Waals surface area contributed by atoms with Crippen molar-refractivity contribution in [2.45, 2.75) is 25.9 Å². The molecule has 0 unspecified atom stereocenters. The SMILES string of the molecule is CNC(=O)/C(=C\C1=CCC[C@@H]1C)C(=O)Nc1nnc(C(F)(F)F)s1. The number of hydrogen-bond donors (Lipinski definition) is 2. The smallest absolute Gasteiger partial charge is 0.355 e. The van der Waals surface area contributed by atoms with Crippen LogP contribution in [0.3, 0.4) is 0 Å². The molecular formula is C14H15F3N4O2S. The molecule has 1 aromatic heterocycles. The van der Waals surface area contributed by atoms with Gasteiger partial charge in [0, 0.05) is 7.05 Å². The largest absolute Gasteiger partial charge is 0.445 e. The molecule has 0 saturated carbocycles. The van der Waals surface area contributed by atoms with Gasteiger partial charge in [0.1, 0.15) is 5.57 Å². The second-order valence-electron chi connectivity index (χ2n) is 5.18. The number of carbonyl (C=O) groups is 2. The first-order valence-corrected chi connectivity index (χ1v) is 7.90. The van der Waals surface area contributed by atoms with Crippen LogP contribution in [0.15, 0.2) is 23.3 Å². The fraction of sp³-hybridized carbons (Fsp3) is 0.429. The topological polar surface area (TPSA) is 84.0 Å². The van der Waals surface area contributed by atoms with Crippen LogP contribution < -0.4 is 10.6 Å². The summed E-state index contributed by atoms with van der Waals surface area (Å²) in [7, 11) is 1.36. The fourth-order valence-corrected chi connectivity index (χ4v) is 2.76. The Kier molecular flexibility index (Phi) is 5.37. The summed E-state index contributed by atoms with van der Waals surface area (Å²) < 4.78 is 37.5. The van der Waals surface area contributed by atoms with Crippen LogP contribution in [0.4, 0.5) is 18.3 Å². The van der Waals surface area contributed by atoms with Gasteiger partial charge in [-0.3, -0.25) is 14.9 Å². The van der Waals surface area contributed by atoms with Crippen LogP contribution in [0.2, 0.25) is 0 Å². The summed E-state index contributed by atoms with van der Waals surface area (Å²) in [5.41, 5.74) is 0.651. The number of nitrogens with zero attached hydrogens (tertiary/aromatic N) is 2. The minimum absolute atomic E-state index is 0.193. The molecule has 130 valence electrons. The van der Waals surface area contributed by atoms with E-state index in [2.05, 4.69) is 20.8 Å². The number of likely N-dealkylation sites (N-methyl/N-ethyl adjacent to an activating group) is 1. The number of aromatic nitrogens is 2. The van der Waals surface area contributed by atoms with Gasteiger partial charge in [-0.2, -0.15) is 13.2 Å². The minimum atomic E-state index is -4.63. The van der Waals surface area contributed by atoms with Crippen LogP contribution in [0, 0.1) is 5.92 Å². The zero-order valence-electron chi connectivity index (χ0n) is 12.9. The lowest BCUT2D eigenvalue weighted by Gasteiger charge is -2.09. The Bertz CT molecular complexity index is 709. The summed E-state index contributed by atoms with van der Waals surface area (Å²) in [5.74, 6) is -1.26. The van der Waals surface area contributed by atoms with Crippen molar-refractivity contribution in [1.29, 1.82) is 0 Å². The van der Waals surface area contributed by atoms with E-state index in [1.54, 1.807) is 0 Å². The van der Waals surface area contributed by atoms with Gasteiger partial charge in [-0.05, 0) is 30.4 Å². The molecule has 0 saturated heterocycles. The maximum Gasteiger partial charge on any atom is 0.445 e. The Balaban J connectivity index is 2.21. The quantitative estimate of drug-likeness (QED) is 0.491. The second kappa shape index (κ2) is 7.12. The molecule has 24 heavy (non-hydrogen) atoms. The maximum absolute atomic E-state index is 12.5. The van der Waals surface area contributed by atoms with E-state index in [0.29, 0.717) is 0 Å². The van der Waals surface area contributed by atoms with Gasteiger partial charge in [0.2, 0.25) is 10.1 Å². The minimum Gasteiger partial charge on any atom is -0.355 e. The maximum atomic E-state index is 12.5. The molecule has 1 atom stereocenters. The first kappa shape index (κ1) is 18.1. The van der Waals surface area contributed by atoms with E-state index in [-0.39, 0.29) is 28.0 Å². The molecule has 6 nitrogen and oxygen atoms in total. The summed E-state index contributed by atoms with van der Waals surface area (Å²) in [6.45, 7) is 1.97. The van der Waals surface area contributed by atoms with E-state index in [9.17, 15) is 22.8 Å². The molecule has 2 N–H and O–H groups in total. The van der Waals surface area contributed by atoms with Gasteiger partial charge in [-0.15, -0.1) is 10.2 Å². The molecule has 0 aromatic carbocycles. The van der Waals surface area contributed by atoms with Crippen molar-refractivity contribution in [2.24, 2.45) is 5.92 Å². The van der Waals surface area contributed by atoms with E-state index < -0.39 is 23.0 Å². The number of nitrogens with one attached hydrogen (secondary N) is 2.